The van der Waals surface area contributed by atoms with Crippen molar-refractivity contribution in [3.05, 3.63) is 12.2 Å². The number of hydrogen-bond acceptors (Lipinski definition) is 8. The third-order valence-corrected chi connectivity index (χ3v) is 11.7. The Labute approximate surface area is 383 Å². The monoisotopic (exact) mass is 880 g/mol. The molecule has 2 unspecified atom stereocenters. The molecule has 9 nitrogen and oxygen atoms in total. The first-order valence-electron chi connectivity index (χ1n) is 26.3. The van der Waals surface area contributed by atoms with Gasteiger partial charge in [-0.15, -0.1) is 0 Å². The lowest BCUT2D eigenvalue weighted by Gasteiger charge is -2.26. The lowest BCUT2D eigenvalue weighted by molar-refractivity contribution is -0.870. The van der Waals surface area contributed by atoms with E-state index in [1.165, 1.54) is 161 Å². The molecule has 62 heavy (non-hydrogen) atoms. The highest BCUT2D eigenvalue weighted by atomic mass is 16.7. The first-order chi connectivity index (χ1) is 30.1. The van der Waals surface area contributed by atoms with E-state index >= 15 is 0 Å². The summed E-state index contributed by atoms with van der Waals surface area (Å²) in [4.78, 5) is 37.0. The van der Waals surface area contributed by atoms with Crippen LogP contribution in [0, 0.1) is 0 Å². The quantitative estimate of drug-likeness (QED) is 0.0195. The van der Waals surface area contributed by atoms with E-state index in [0.29, 0.717) is 23.9 Å². The van der Waals surface area contributed by atoms with E-state index in [4.69, 9.17) is 18.9 Å². The van der Waals surface area contributed by atoms with Crippen LogP contribution < -0.4 is 5.11 Å². The Bertz CT molecular complexity index is 1030. The minimum atomic E-state index is -1.62. The molecule has 0 aliphatic rings. The van der Waals surface area contributed by atoms with Gasteiger partial charge in [-0.3, -0.25) is 9.59 Å². The number of likely N-dealkylation sites (N-methyl/N-ethyl adjacent to an activating group) is 1. The van der Waals surface area contributed by atoms with Gasteiger partial charge < -0.3 is 33.3 Å². The predicted octanol–water partition coefficient (Wildman–Crippen LogP) is 13.3. The highest BCUT2D eigenvalue weighted by Gasteiger charge is 2.22. The smallest absolute Gasteiger partial charge is 0.306 e. The van der Waals surface area contributed by atoms with Gasteiger partial charge >= 0.3 is 11.9 Å². The van der Waals surface area contributed by atoms with Crippen molar-refractivity contribution in [2.45, 2.75) is 264 Å². The molecule has 0 aliphatic heterocycles. The lowest BCUT2D eigenvalue weighted by Crippen LogP contribution is -2.44. The fraction of sp³-hybridized carbons (Fsp3) is 0.906. The van der Waals surface area contributed by atoms with Crippen LogP contribution in [0.5, 0.6) is 0 Å². The van der Waals surface area contributed by atoms with Crippen molar-refractivity contribution >= 4 is 17.9 Å². The summed E-state index contributed by atoms with van der Waals surface area (Å²) in [7, 11) is 5.91. The van der Waals surface area contributed by atoms with Crippen molar-refractivity contribution in [1.29, 1.82) is 0 Å². The Morgan fingerprint density at radius 3 is 1.26 bits per heavy atom. The Hall–Kier alpha value is -1.97. The molecular formula is C53H101NO8. The summed E-state index contributed by atoms with van der Waals surface area (Å²) in [5, 5.41) is 11.7. The molecule has 0 aromatic carbocycles. The number of carboxylic acid groups (broad SMARTS) is 1. The minimum Gasteiger partial charge on any atom is -0.545 e. The second kappa shape index (κ2) is 45.6. The number of nitrogens with zero attached hydrogens (tertiary/aromatic N) is 1. The molecule has 2 atom stereocenters. The second-order valence-corrected chi connectivity index (χ2v) is 19.2. The molecule has 366 valence electrons. The van der Waals surface area contributed by atoms with Gasteiger partial charge in [-0.05, 0) is 32.1 Å². The van der Waals surface area contributed by atoms with Crippen molar-refractivity contribution in [3.8, 4) is 0 Å². The number of ether oxygens (including phenoxy) is 4. The van der Waals surface area contributed by atoms with Gasteiger partial charge in [-0.2, -0.15) is 0 Å². The molecule has 0 aromatic heterocycles. The summed E-state index contributed by atoms with van der Waals surface area (Å²) in [6, 6.07) is 0. The van der Waals surface area contributed by atoms with Gasteiger partial charge in [0.15, 0.2) is 12.4 Å². The van der Waals surface area contributed by atoms with Crippen LogP contribution in [0.2, 0.25) is 0 Å². The number of aliphatic carboxylic acids is 1. The van der Waals surface area contributed by atoms with E-state index in [2.05, 4.69) is 26.0 Å². The van der Waals surface area contributed by atoms with Crippen molar-refractivity contribution in [1.82, 2.24) is 0 Å². The first-order valence-corrected chi connectivity index (χ1v) is 26.3. The topological polar surface area (TPSA) is 111 Å². The number of hydrogen-bond donors (Lipinski definition) is 0. The molecule has 0 bridgehead atoms. The van der Waals surface area contributed by atoms with Crippen molar-refractivity contribution < 1.29 is 42.9 Å². The molecule has 0 amide bonds. The Kier molecular flexibility index (Phi) is 44.1. The summed E-state index contributed by atoms with van der Waals surface area (Å²) in [6.45, 7) is 4.70. The van der Waals surface area contributed by atoms with Crippen molar-refractivity contribution in [2.75, 3.05) is 47.5 Å². The highest BCUT2D eigenvalue weighted by molar-refractivity contribution is 5.70. The maximum atomic E-state index is 12.7. The largest absolute Gasteiger partial charge is 0.545 e. The fourth-order valence-corrected chi connectivity index (χ4v) is 7.66. The Morgan fingerprint density at radius 2 is 0.855 bits per heavy atom. The summed E-state index contributed by atoms with van der Waals surface area (Å²) < 4.78 is 22.6. The van der Waals surface area contributed by atoms with Crippen LogP contribution in [0.3, 0.4) is 0 Å². The molecule has 0 N–H and O–H groups in total. The summed E-state index contributed by atoms with van der Waals surface area (Å²) in [6.07, 6.45) is 47.1. The number of esters is 2. The van der Waals surface area contributed by atoms with Crippen LogP contribution in [0.1, 0.15) is 251 Å². The van der Waals surface area contributed by atoms with Crippen molar-refractivity contribution in [3.63, 3.8) is 0 Å². The summed E-state index contributed by atoms with van der Waals surface area (Å²) in [5.41, 5.74) is 0. The van der Waals surface area contributed by atoms with Gasteiger partial charge in [0.1, 0.15) is 13.2 Å². The maximum absolute atomic E-state index is 12.7. The molecule has 0 fully saturated rings. The number of carboxylic acids is 1. The molecule has 0 aliphatic carbocycles. The van der Waals surface area contributed by atoms with Gasteiger partial charge in [-0.25, -0.2) is 0 Å². The Balaban J connectivity index is 4.07. The molecule has 9 heteroatoms. The van der Waals surface area contributed by atoms with Crippen LogP contribution in [0.4, 0.5) is 0 Å². The zero-order valence-electron chi connectivity index (χ0n) is 41.5. The van der Waals surface area contributed by atoms with Gasteiger partial charge in [-0.1, -0.05) is 219 Å². The molecule has 0 aromatic rings. The third-order valence-electron chi connectivity index (χ3n) is 11.7. The van der Waals surface area contributed by atoms with E-state index < -0.39 is 24.3 Å². The van der Waals surface area contributed by atoms with Crippen LogP contribution >= 0.6 is 0 Å². The number of quaternary nitrogens is 1. The van der Waals surface area contributed by atoms with Crippen LogP contribution in [0.25, 0.3) is 0 Å². The average Bonchev–Trinajstić information content (AvgIpc) is 3.23. The normalized spacial score (nSPS) is 12.9. The molecule has 0 heterocycles. The summed E-state index contributed by atoms with van der Waals surface area (Å²) in [5.74, 6) is -2.28. The van der Waals surface area contributed by atoms with E-state index in [1.807, 2.05) is 21.1 Å². The van der Waals surface area contributed by atoms with Crippen LogP contribution in [0.15, 0.2) is 12.2 Å². The summed E-state index contributed by atoms with van der Waals surface area (Å²) >= 11 is 0. The van der Waals surface area contributed by atoms with E-state index in [0.717, 1.165) is 57.8 Å². The number of allylic oxidation sites excluding steroid dienone is 2. The molecular weight excluding hydrogens is 779 g/mol. The van der Waals surface area contributed by atoms with Gasteiger partial charge in [0.05, 0.1) is 40.3 Å². The number of rotatable bonds is 49. The standard InChI is InChI=1S/C53H101NO8/c1-6-8-10-12-14-16-18-19-20-21-22-23-24-25-26-27-28-29-30-31-32-33-34-36-37-39-41-43-50(55)60-47-49(48-61-53(52(57)58)59-46-45-54(3,4)5)62-51(56)44-42-40-38-35-17-15-13-11-9-7-2/h11,13,49,53H,6-10,12,14-48H2,1-5H3/b13-11-. The van der Waals surface area contributed by atoms with Crippen molar-refractivity contribution in [2.24, 2.45) is 0 Å². The third kappa shape index (κ3) is 46.0. The molecule has 0 saturated heterocycles. The second-order valence-electron chi connectivity index (χ2n) is 19.2. The number of carbonyl (C=O) groups is 3. The average molecular weight is 880 g/mol. The van der Waals surface area contributed by atoms with E-state index in [-0.39, 0.29) is 32.2 Å². The zero-order chi connectivity index (χ0) is 45.6. The van der Waals surface area contributed by atoms with Gasteiger partial charge in [0.2, 0.25) is 0 Å². The SMILES string of the molecule is CCC/C=C\CCCCCCCC(=O)OC(COC(=O)CCCCCCCCCCCCCCCCCCCCCCCCCCCCC)COC(OCC[N+](C)(C)C)C(=O)[O-]. The van der Waals surface area contributed by atoms with Crippen LogP contribution in [-0.2, 0) is 33.3 Å². The minimum absolute atomic E-state index is 0.149. The van der Waals surface area contributed by atoms with E-state index in [1.54, 1.807) is 0 Å². The number of unbranched alkanes of at least 4 members (excludes halogenated alkanes) is 32. The molecule has 0 rings (SSSR count). The Morgan fingerprint density at radius 1 is 0.468 bits per heavy atom. The lowest BCUT2D eigenvalue weighted by atomic mass is 10.0. The molecule has 0 saturated carbocycles. The number of carbonyl (C=O) groups excluding carboxylic acids is 3. The fourth-order valence-electron chi connectivity index (χ4n) is 7.66. The van der Waals surface area contributed by atoms with E-state index in [9.17, 15) is 19.5 Å². The van der Waals surface area contributed by atoms with Gasteiger partial charge in [0.25, 0.3) is 0 Å². The maximum Gasteiger partial charge on any atom is 0.306 e. The zero-order valence-corrected chi connectivity index (χ0v) is 41.5. The molecule has 0 spiro atoms. The van der Waals surface area contributed by atoms with Crippen LogP contribution in [-0.4, -0.2) is 82.3 Å². The first kappa shape index (κ1) is 60.0. The highest BCUT2D eigenvalue weighted by Crippen LogP contribution is 2.17. The van der Waals surface area contributed by atoms with Gasteiger partial charge in [0, 0.05) is 12.8 Å². The predicted molar refractivity (Wildman–Crippen MR) is 256 cm³/mol. The molecule has 0 radical (unpaired) electrons.